The molecule has 126 valence electrons. The van der Waals surface area contributed by atoms with Gasteiger partial charge in [0.1, 0.15) is 5.75 Å². The zero-order chi connectivity index (χ0) is 16.0. The highest BCUT2D eigenvalue weighted by molar-refractivity contribution is 5.28. The first-order valence-electron chi connectivity index (χ1n) is 9.56. The molecule has 1 rings (SSSR count). The lowest BCUT2D eigenvalue weighted by atomic mass is 9.88. The van der Waals surface area contributed by atoms with Crippen LogP contribution in [0.15, 0.2) is 24.3 Å². The highest BCUT2D eigenvalue weighted by Gasteiger charge is 2.11. The first-order valence-corrected chi connectivity index (χ1v) is 9.56. The van der Waals surface area contributed by atoms with Gasteiger partial charge in [-0.15, -0.1) is 0 Å². The summed E-state index contributed by atoms with van der Waals surface area (Å²) in [6.45, 7) is 4.55. The Labute approximate surface area is 138 Å². The van der Waals surface area contributed by atoms with Crippen molar-refractivity contribution in [2.45, 2.75) is 96.8 Å². The quantitative estimate of drug-likeness (QED) is 0.382. The Bertz CT molecular complexity index is 355. The van der Waals surface area contributed by atoms with Crippen molar-refractivity contribution in [3.8, 4) is 5.75 Å². The van der Waals surface area contributed by atoms with E-state index in [1.807, 2.05) is 12.1 Å². The van der Waals surface area contributed by atoms with Gasteiger partial charge in [0.05, 0.1) is 0 Å². The van der Waals surface area contributed by atoms with Crippen LogP contribution in [0, 0.1) is 0 Å². The standard InChI is InChI=1S/C21H36O/c1-3-5-7-8-9-10-12-14-19(13-11-6-4-2)20-15-17-21(22)18-16-20/h15-19,22H,3-14H2,1-2H3. The van der Waals surface area contributed by atoms with Crippen LogP contribution >= 0.6 is 0 Å². The maximum Gasteiger partial charge on any atom is 0.115 e. The van der Waals surface area contributed by atoms with Gasteiger partial charge in [-0.2, -0.15) is 0 Å². The molecule has 1 N–H and O–H groups in total. The Hall–Kier alpha value is -0.980. The Morgan fingerprint density at radius 1 is 0.682 bits per heavy atom. The Morgan fingerprint density at radius 3 is 1.73 bits per heavy atom. The zero-order valence-electron chi connectivity index (χ0n) is 14.8. The minimum absolute atomic E-state index is 0.381. The van der Waals surface area contributed by atoms with Crippen molar-refractivity contribution in [1.82, 2.24) is 0 Å². The molecule has 0 aromatic heterocycles. The molecule has 1 atom stereocenters. The number of hydrogen-bond acceptors (Lipinski definition) is 1. The van der Waals surface area contributed by atoms with E-state index in [9.17, 15) is 5.11 Å². The van der Waals surface area contributed by atoms with E-state index in [0.29, 0.717) is 11.7 Å². The third-order valence-electron chi connectivity index (χ3n) is 4.68. The lowest BCUT2D eigenvalue weighted by Crippen LogP contribution is -1.99. The first-order chi connectivity index (χ1) is 10.8. The van der Waals surface area contributed by atoms with Crippen molar-refractivity contribution in [3.63, 3.8) is 0 Å². The minimum atomic E-state index is 0.381. The van der Waals surface area contributed by atoms with Crippen LogP contribution < -0.4 is 0 Å². The number of phenols is 1. The second-order valence-corrected chi connectivity index (χ2v) is 6.69. The molecule has 0 aliphatic rings. The number of aromatic hydroxyl groups is 1. The molecule has 0 spiro atoms. The largest absolute Gasteiger partial charge is 0.508 e. The van der Waals surface area contributed by atoms with Crippen molar-refractivity contribution in [2.24, 2.45) is 0 Å². The van der Waals surface area contributed by atoms with E-state index in [0.717, 1.165) is 0 Å². The van der Waals surface area contributed by atoms with Gasteiger partial charge in [0.2, 0.25) is 0 Å². The molecule has 1 heteroatoms. The number of benzene rings is 1. The molecule has 1 nitrogen and oxygen atoms in total. The summed E-state index contributed by atoms with van der Waals surface area (Å²) in [5, 5.41) is 9.47. The summed E-state index contributed by atoms with van der Waals surface area (Å²) < 4.78 is 0. The smallest absolute Gasteiger partial charge is 0.115 e. The van der Waals surface area contributed by atoms with Crippen LogP contribution in [0.2, 0.25) is 0 Å². The molecule has 22 heavy (non-hydrogen) atoms. The molecule has 1 aromatic carbocycles. The van der Waals surface area contributed by atoms with E-state index in [-0.39, 0.29) is 0 Å². The third kappa shape index (κ3) is 8.46. The predicted molar refractivity (Wildman–Crippen MR) is 97.6 cm³/mol. The molecule has 0 heterocycles. The molecule has 0 amide bonds. The van der Waals surface area contributed by atoms with E-state index in [1.54, 1.807) is 0 Å². The summed E-state index contributed by atoms with van der Waals surface area (Å²) in [5.74, 6) is 1.06. The highest BCUT2D eigenvalue weighted by Crippen LogP contribution is 2.29. The molecule has 0 fully saturated rings. The highest BCUT2D eigenvalue weighted by atomic mass is 16.3. The van der Waals surface area contributed by atoms with E-state index >= 15 is 0 Å². The monoisotopic (exact) mass is 304 g/mol. The van der Waals surface area contributed by atoms with Crippen LogP contribution in [-0.4, -0.2) is 5.11 Å². The topological polar surface area (TPSA) is 20.2 Å². The van der Waals surface area contributed by atoms with E-state index in [2.05, 4.69) is 26.0 Å². The van der Waals surface area contributed by atoms with E-state index < -0.39 is 0 Å². The van der Waals surface area contributed by atoms with E-state index in [1.165, 1.54) is 82.6 Å². The van der Waals surface area contributed by atoms with Crippen LogP contribution in [0.5, 0.6) is 5.75 Å². The van der Waals surface area contributed by atoms with Crippen LogP contribution in [0.25, 0.3) is 0 Å². The fourth-order valence-electron chi connectivity index (χ4n) is 3.21. The molecule has 0 saturated heterocycles. The van der Waals surface area contributed by atoms with Gasteiger partial charge in [0, 0.05) is 0 Å². The average Bonchev–Trinajstić information content (AvgIpc) is 2.53. The second kappa shape index (κ2) is 12.6. The summed E-state index contributed by atoms with van der Waals surface area (Å²) in [6, 6.07) is 7.92. The average molecular weight is 305 g/mol. The molecule has 1 aromatic rings. The van der Waals surface area contributed by atoms with Gasteiger partial charge >= 0.3 is 0 Å². The summed E-state index contributed by atoms with van der Waals surface area (Å²) in [7, 11) is 0. The lowest BCUT2D eigenvalue weighted by Gasteiger charge is -2.17. The molecule has 1 unspecified atom stereocenters. The Balaban J connectivity index is 2.33. The number of rotatable bonds is 13. The zero-order valence-corrected chi connectivity index (χ0v) is 14.8. The SMILES string of the molecule is CCCCCCCCCC(CCCCC)c1ccc(O)cc1. The van der Waals surface area contributed by atoms with Crippen molar-refractivity contribution < 1.29 is 5.11 Å². The summed E-state index contributed by atoms with van der Waals surface area (Å²) in [4.78, 5) is 0. The predicted octanol–water partition coefficient (Wildman–Crippen LogP) is 7.20. The molecule has 0 aliphatic carbocycles. The fraction of sp³-hybridized carbons (Fsp3) is 0.714. The van der Waals surface area contributed by atoms with Gasteiger partial charge < -0.3 is 5.11 Å². The lowest BCUT2D eigenvalue weighted by molar-refractivity contribution is 0.472. The molecular formula is C21H36O. The third-order valence-corrected chi connectivity index (χ3v) is 4.68. The maximum absolute atomic E-state index is 9.47. The van der Waals surface area contributed by atoms with Gasteiger partial charge in [-0.1, -0.05) is 90.2 Å². The van der Waals surface area contributed by atoms with Gasteiger partial charge in [-0.05, 0) is 36.5 Å². The van der Waals surface area contributed by atoms with Crippen molar-refractivity contribution in [1.29, 1.82) is 0 Å². The van der Waals surface area contributed by atoms with E-state index in [4.69, 9.17) is 0 Å². The van der Waals surface area contributed by atoms with Crippen LogP contribution in [0.1, 0.15) is 102 Å². The van der Waals surface area contributed by atoms with Crippen LogP contribution in [0.3, 0.4) is 0 Å². The molecule has 0 saturated carbocycles. The van der Waals surface area contributed by atoms with Gasteiger partial charge in [0.15, 0.2) is 0 Å². The van der Waals surface area contributed by atoms with Crippen molar-refractivity contribution in [3.05, 3.63) is 29.8 Å². The number of unbranched alkanes of at least 4 members (excludes halogenated alkanes) is 8. The number of hydrogen-bond donors (Lipinski definition) is 1. The Kier molecular flexibility index (Phi) is 10.9. The minimum Gasteiger partial charge on any atom is -0.508 e. The molecule has 0 radical (unpaired) electrons. The number of phenolic OH excluding ortho intramolecular Hbond substituents is 1. The first kappa shape index (κ1) is 19.1. The molecule has 0 bridgehead atoms. The second-order valence-electron chi connectivity index (χ2n) is 6.69. The Morgan fingerprint density at radius 2 is 1.14 bits per heavy atom. The summed E-state index contributed by atoms with van der Waals surface area (Å²) in [5.41, 5.74) is 1.42. The van der Waals surface area contributed by atoms with Crippen molar-refractivity contribution in [2.75, 3.05) is 0 Å². The van der Waals surface area contributed by atoms with Crippen LogP contribution in [0.4, 0.5) is 0 Å². The van der Waals surface area contributed by atoms with Gasteiger partial charge in [-0.25, -0.2) is 0 Å². The normalized spacial score (nSPS) is 12.5. The van der Waals surface area contributed by atoms with Gasteiger partial charge in [-0.3, -0.25) is 0 Å². The summed E-state index contributed by atoms with van der Waals surface area (Å²) in [6.07, 6.45) is 16.3. The van der Waals surface area contributed by atoms with Crippen LogP contribution in [-0.2, 0) is 0 Å². The summed E-state index contributed by atoms with van der Waals surface area (Å²) >= 11 is 0. The molecule has 0 aliphatic heterocycles. The maximum atomic E-state index is 9.47. The van der Waals surface area contributed by atoms with Crippen molar-refractivity contribution >= 4 is 0 Å². The fourth-order valence-corrected chi connectivity index (χ4v) is 3.21. The van der Waals surface area contributed by atoms with Gasteiger partial charge in [0.25, 0.3) is 0 Å². The molecular weight excluding hydrogens is 268 g/mol.